The van der Waals surface area contributed by atoms with Gasteiger partial charge >= 0.3 is 0 Å². The molecule has 18 heavy (non-hydrogen) atoms. The quantitative estimate of drug-likeness (QED) is 0.665. The Morgan fingerprint density at radius 3 is 2.44 bits per heavy atom. The molecule has 2 aromatic rings. The van der Waals surface area contributed by atoms with Crippen LogP contribution in [0, 0.1) is 0 Å². The second-order valence-electron chi connectivity index (χ2n) is 4.67. The minimum absolute atomic E-state index is 0.999. The van der Waals surface area contributed by atoms with Crippen molar-refractivity contribution in [3.05, 3.63) is 48.3 Å². The number of nitrogens with zero attached hydrogens (tertiary/aromatic N) is 3. The van der Waals surface area contributed by atoms with Crippen LogP contribution in [0.15, 0.2) is 42.7 Å². The Morgan fingerprint density at radius 2 is 1.67 bits per heavy atom. The fraction of sp³-hybridized carbons (Fsp3) is 0.467. The maximum atomic E-state index is 3.96. The highest BCUT2D eigenvalue weighted by molar-refractivity contribution is 5.14. The number of hydrogen-bond acceptors (Lipinski definition) is 2. The average molecular weight is 243 g/mol. The summed E-state index contributed by atoms with van der Waals surface area (Å²) in [6.07, 6.45) is 11.3. The van der Waals surface area contributed by atoms with Crippen LogP contribution >= 0.6 is 0 Å². The molecule has 1 heterocycles. The molecule has 96 valence electrons. The molecule has 0 spiro atoms. The molecule has 0 aliphatic heterocycles. The standard InChI is InChI=1S/C15H21N3/c1(3-8-13-18-14-12-16-17-18)2-5-9-15-10-6-4-7-11-15/h4,6-7,10-12,14H,1-3,5,8-9,13H2. The largest absolute Gasteiger partial charge is 0.253 e. The van der Waals surface area contributed by atoms with E-state index in [1.807, 2.05) is 10.9 Å². The van der Waals surface area contributed by atoms with Crippen molar-refractivity contribution in [3.8, 4) is 0 Å². The van der Waals surface area contributed by atoms with Crippen LogP contribution in [-0.2, 0) is 13.0 Å². The Hall–Kier alpha value is -1.64. The van der Waals surface area contributed by atoms with E-state index in [2.05, 4.69) is 40.6 Å². The lowest BCUT2D eigenvalue weighted by Gasteiger charge is -2.02. The van der Waals surface area contributed by atoms with Gasteiger partial charge < -0.3 is 0 Å². The molecule has 2 rings (SSSR count). The Kier molecular flexibility index (Phi) is 5.44. The van der Waals surface area contributed by atoms with Crippen molar-refractivity contribution in [1.82, 2.24) is 15.0 Å². The molecule has 0 fully saturated rings. The van der Waals surface area contributed by atoms with E-state index in [9.17, 15) is 0 Å². The molecule has 0 aliphatic carbocycles. The van der Waals surface area contributed by atoms with Crippen LogP contribution in [0.3, 0.4) is 0 Å². The smallest absolute Gasteiger partial charge is 0.0692 e. The van der Waals surface area contributed by atoms with Gasteiger partial charge in [0.15, 0.2) is 0 Å². The summed E-state index contributed by atoms with van der Waals surface area (Å²) in [5.41, 5.74) is 1.46. The van der Waals surface area contributed by atoms with Crippen molar-refractivity contribution in [2.75, 3.05) is 0 Å². The van der Waals surface area contributed by atoms with E-state index in [4.69, 9.17) is 0 Å². The molecule has 3 heteroatoms. The molecule has 1 aromatic carbocycles. The molecule has 0 aliphatic rings. The first-order valence-electron chi connectivity index (χ1n) is 6.83. The Balaban J connectivity index is 1.47. The van der Waals surface area contributed by atoms with E-state index in [-0.39, 0.29) is 0 Å². The molecular weight excluding hydrogens is 222 g/mol. The van der Waals surface area contributed by atoms with E-state index in [1.165, 1.54) is 44.1 Å². The third kappa shape index (κ3) is 4.70. The molecule has 0 radical (unpaired) electrons. The Bertz CT molecular complexity index is 409. The monoisotopic (exact) mass is 243 g/mol. The fourth-order valence-electron chi connectivity index (χ4n) is 2.13. The molecule has 0 saturated heterocycles. The number of rotatable bonds is 8. The number of hydrogen-bond donors (Lipinski definition) is 0. The lowest BCUT2D eigenvalue weighted by molar-refractivity contribution is 0.517. The van der Waals surface area contributed by atoms with Crippen molar-refractivity contribution in [1.29, 1.82) is 0 Å². The molecular formula is C15H21N3. The highest BCUT2D eigenvalue weighted by Crippen LogP contribution is 2.09. The highest BCUT2D eigenvalue weighted by Gasteiger charge is 1.95. The third-order valence-electron chi connectivity index (χ3n) is 3.17. The average Bonchev–Trinajstić information content (AvgIpc) is 2.92. The van der Waals surface area contributed by atoms with Crippen LogP contribution in [0.4, 0.5) is 0 Å². The van der Waals surface area contributed by atoms with E-state index in [1.54, 1.807) is 6.20 Å². The van der Waals surface area contributed by atoms with Crippen molar-refractivity contribution in [2.24, 2.45) is 0 Å². The van der Waals surface area contributed by atoms with Gasteiger partial charge in [-0.1, -0.05) is 54.8 Å². The number of aromatic nitrogens is 3. The summed E-state index contributed by atoms with van der Waals surface area (Å²) >= 11 is 0. The summed E-state index contributed by atoms with van der Waals surface area (Å²) in [6.45, 7) is 0.999. The van der Waals surface area contributed by atoms with Crippen molar-refractivity contribution in [3.63, 3.8) is 0 Å². The van der Waals surface area contributed by atoms with Gasteiger partial charge in [-0.2, -0.15) is 0 Å². The molecule has 0 atom stereocenters. The zero-order valence-electron chi connectivity index (χ0n) is 10.8. The van der Waals surface area contributed by atoms with Crippen LogP contribution in [0.1, 0.15) is 37.7 Å². The second kappa shape index (κ2) is 7.64. The lowest BCUT2D eigenvalue weighted by atomic mass is 10.1. The van der Waals surface area contributed by atoms with Gasteiger partial charge in [-0.05, 0) is 24.8 Å². The molecule has 0 unspecified atom stereocenters. The van der Waals surface area contributed by atoms with Crippen molar-refractivity contribution >= 4 is 0 Å². The molecule has 0 bridgehead atoms. The van der Waals surface area contributed by atoms with E-state index < -0.39 is 0 Å². The first-order valence-corrected chi connectivity index (χ1v) is 6.83. The van der Waals surface area contributed by atoms with Crippen LogP contribution in [0.25, 0.3) is 0 Å². The third-order valence-corrected chi connectivity index (χ3v) is 3.17. The van der Waals surface area contributed by atoms with Gasteiger partial charge in [0, 0.05) is 12.7 Å². The van der Waals surface area contributed by atoms with Crippen LogP contribution in [-0.4, -0.2) is 15.0 Å². The Labute approximate surface area is 109 Å². The zero-order chi connectivity index (χ0) is 12.5. The maximum Gasteiger partial charge on any atom is 0.0692 e. The summed E-state index contributed by atoms with van der Waals surface area (Å²) < 4.78 is 1.91. The van der Waals surface area contributed by atoms with Gasteiger partial charge in [0.2, 0.25) is 0 Å². The summed E-state index contributed by atoms with van der Waals surface area (Å²) in [7, 11) is 0. The topological polar surface area (TPSA) is 30.7 Å². The second-order valence-corrected chi connectivity index (χ2v) is 4.67. The van der Waals surface area contributed by atoms with E-state index in [0.717, 1.165) is 6.54 Å². The maximum absolute atomic E-state index is 3.96. The van der Waals surface area contributed by atoms with Gasteiger partial charge in [0.05, 0.1) is 6.20 Å². The van der Waals surface area contributed by atoms with E-state index in [0.29, 0.717) is 0 Å². The van der Waals surface area contributed by atoms with Crippen molar-refractivity contribution < 1.29 is 0 Å². The van der Waals surface area contributed by atoms with Crippen LogP contribution in [0.2, 0.25) is 0 Å². The number of benzene rings is 1. The SMILES string of the molecule is c1ccc(CCCCCCCn2ccnn2)cc1. The van der Waals surface area contributed by atoms with E-state index >= 15 is 0 Å². The summed E-state index contributed by atoms with van der Waals surface area (Å²) in [5.74, 6) is 0. The first kappa shape index (κ1) is 12.8. The number of aryl methyl sites for hydroxylation is 2. The van der Waals surface area contributed by atoms with Gasteiger partial charge in [0.1, 0.15) is 0 Å². The zero-order valence-corrected chi connectivity index (χ0v) is 10.8. The predicted octanol–water partition coefficient (Wildman–Crippen LogP) is 3.47. The molecule has 0 saturated carbocycles. The molecule has 0 amide bonds. The first-order chi connectivity index (χ1) is 8.95. The normalized spacial score (nSPS) is 10.7. The summed E-state index contributed by atoms with van der Waals surface area (Å²) in [5, 5.41) is 7.75. The van der Waals surface area contributed by atoms with Gasteiger partial charge in [0.25, 0.3) is 0 Å². The van der Waals surface area contributed by atoms with Crippen LogP contribution in [0.5, 0.6) is 0 Å². The summed E-state index contributed by atoms with van der Waals surface area (Å²) in [4.78, 5) is 0. The van der Waals surface area contributed by atoms with Gasteiger partial charge in [-0.25, -0.2) is 0 Å². The van der Waals surface area contributed by atoms with Crippen molar-refractivity contribution in [2.45, 2.75) is 45.1 Å². The highest BCUT2D eigenvalue weighted by atomic mass is 15.4. The van der Waals surface area contributed by atoms with Crippen LogP contribution < -0.4 is 0 Å². The molecule has 0 N–H and O–H groups in total. The van der Waals surface area contributed by atoms with Gasteiger partial charge in [-0.15, -0.1) is 5.10 Å². The lowest BCUT2D eigenvalue weighted by Crippen LogP contribution is -1.98. The summed E-state index contributed by atoms with van der Waals surface area (Å²) in [6, 6.07) is 10.7. The molecule has 3 nitrogen and oxygen atoms in total. The minimum Gasteiger partial charge on any atom is -0.253 e. The predicted molar refractivity (Wildman–Crippen MR) is 73.3 cm³/mol. The Morgan fingerprint density at radius 1 is 0.889 bits per heavy atom. The minimum atomic E-state index is 0.999. The number of unbranched alkanes of at least 4 members (excludes halogenated alkanes) is 4. The molecule has 1 aromatic heterocycles. The van der Waals surface area contributed by atoms with Gasteiger partial charge in [-0.3, -0.25) is 4.68 Å². The fourth-order valence-corrected chi connectivity index (χ4v) is 2.13.